The lowest BCUT2D eigenvalue weighted by Crippen LogP contribution is -2.34. The standard InChI is InChI=1S/C47H33NO3/c1-28-11-18-35-37-20-24-43-47-38(21-23-42(46(37)47)50-44(35)25-28)36-19-16-33(27-45(36)51-43)48(31-14-12-30(13-15-31)29-7-3-2-4-8-29)32-17-22-41-39(26-32)34-9-5-6-10-40(34)49-41/h2-21,23-27,41,46-47H,22H2,1H3. The van der Waals surface area contributed by atoms with E-state index in [-0.39, 0.29) is 17.9 Å². The van der Waals surface area contributed by atoms with E-state index in [2.05, 4.69) is 157 Å². The number of hydrogen-bond acceptors (Lipinski definition) is 4. The smallest absolute Gasteiger partial charge is 0.136 e. The molecule has 244 valence electrons. The van der Waals surface area contributed by atoms with Gasteiger partial charge >= 0.3 is 0 Å². The van der Waals surface area contributed by atoms with E-state index in [9.17, 15) is 0 Å². The zero-order valence-corrected chi connectivity index (χ0v) is 28.0. The predicted molar refractivity (Wildman–Crippen MR) is 204 cm³/mol. The second-order valence-corrected chi connectivity index (χ2v) is 14.0. The lowest BCUT2D eigenvalue weighted by molar-refractivity contribution is 0.278. The molecule has 0 fully saturated rings. The molecular formula is C47H33NO3. The molecule has 0 saturated heterocycles. The quantitative estimate of drug-likeness (QED) is 0.192. The number of ether oxygens (including phenoxy) is 3. The fraction of sp³-hybridized carbons (Fsp3) is 0.106. The number of aryl methyl sites for hydroxylation is 1. The summed E-state index contributed by atoms with van der Waals surface area (Å²) in [6.45, 7) is 2.11. The van der Waals surface area contributed by atoms with Crippen LogP contribution in [0.4, 0.5) is 11.4 Å². The van der Waals surface area contributed by atoms with Gasteiger partial charge in [-0.25, -0.2) is 0 Å². The van der Waals surface area contributed by atoms with Gasteiger partial charge in [0.25, 0.3) is 0 Å². The van der Waals surface area contributed by atoms with E-state index in [1.54, 1.807) is 0 Å². The highest BCUT2D eigenvalue weighted by Gasteiger charge is 2.46. The number of anilines is 2. The molecule has 3 aliphatic heterocycles. The Kier molecular flexibility index (Phi) is 6.09. The molecule has 0 bridgehead atoms. The molecule has 0 saturated carbocycles. The Bertz CT molecular complexity index is 2490. The van der Waals surface area contributed by atoms with Gasteiger partial charge in [-0.3, -0.25) is 0 Å². The molecule has 0 amide bonds. The van der Waals surface area contributed by atoms with E-state index in [0.717, 1.165) is 57.8 Å². The van der Waals surface area contributed by atoms with Gasteiger partial charge in [0, 0.05) is 51.8 Å². The van der Waals surface area contributed by atoms with Crippen LogP contribution in [-0.4, -0.2) is 6.10 Å². The molecular weight excluding hydrogens is 627 g/mol. The Labute approximate surface area is 297 Å². The third-order valence-electron chi connectivity index (χ3n) is 11.1. The topological polar surface area (TPSA) is 30.9 Å². The average Bonchev–Trinajstić information content (AvgIpc) is 3.55. The second kappa shape index (κ2) is 10.9. The van der Waals surface area contributed by atoms with Gasteiger partial charge < -0.3 is 19.1 Å². The maximum atomic E-state index is 6.86. The fourth-order valence-electron chi connectivity index (χ4n) is 8.67. The number of rotatable bonds is 4. The molecule has 4 nitrogen and oxygen atoms in total. The number of benzene rings is 5. The van der Waals surface area contributed by atoms with Crippen LogP contribution in [-0.2, 0) is 0 Å². The zero-order valence-electron chi connectivity index (χ0n) is 28.0. The van der Waals surface area contributed by atoms with Crippen molar-refractivity contribution in [3.8, 4) is 28.4 Å². The van der Waals surface area contributed by atoms with E-state index < -0.39 is 0 Å². The summed E-state index contributed by atoms with van der Waals surface area (Å²) >= 11 is 0. The maximum Gasteiger partial charge on any atom is 0.136 e. The first kappa shape index (κ1) is 28.6. The third kappa shape index (κ3) is 4.39. The van der Waals surface area contributed by atoms with Crippen molar-refractivity contribution in [3.05, 3.63) is 191 Å². The first-order chi connectivity index (χ1) is 25.2. The molecule has 3 aliphatic carbocycles. The highest BCUT2D eigenvalue weighted by molar-refractivity contribution is 5.90. The van der Waals surface area contributed by atoms with Crippen LogP contribution in [0, 0.1) is 18.8 Å². The van der Waals surface area contributed by atoms with Crippen molar-refractivity contribution in [3.63, 3.8) is 0 Å². The first-order valence-electron chi connectivity index (χ1n) is 17.7. The van der Waals surface area contributed by atoms with Crippen LogP contribution in [0.2, 0.25) is 0 Å². The summed E-state index contributed by atoms with van der Waals surface area (Å²) in [7, 11) is 0. The minimum absolute atomic E-state index is 0.0318. The first-order valence-corrected chi connectivity index (χ1v) is 17.7. The molecule has 5 aromatic carbocycles. The summed E-state index contributed by atoms with van der Waals surface area (Å²) < 4.78 is 19.7. The van der Waals surface area contributed by atoms with Crippen molar-refractivity contribution >= 4 is 28.1 Å². The van der Waals surface area contributed by atoms with E-state index in [4.69, 9.17) is 14.2 Å². The Hall–Kier alpha value is -6.26. The molecule has 0 radical (unpaired) electrons. The molecule has 6 aliphatic rings. The second-order valence-electron chi connectivity index (χ2n) is 14.0. The number of hydrogen-bond donors (Lipinski definition) is 0. The molecule has 0 spiro atoms. The zero-order chi connectivity index (χ0) is 33.6. The van der Waals surface area contributed by atoms with Gasteiger partial charge in [-0.1, -0.05) is 91.0 Å². The van der Waals surface area contributed by atoms with Gasteiger partial charge in [0.05, 0.1) is 11.8 Å². The highest BCUT2D eigenvalue weighted by atomic mass is 16.5. The molecule has 3 unspecified atom stereocenters. The highest BCUT2D eigenvalue weighted by Crippen LogP contribution is 2.57. The number of fused-ring (bicyclic) bond motifs is 7. The Balaban J connectivity index is 1.02. The van der Waals surface area contributed by atoms with Crippen LogP contribution in [0.3, 0.4) is 0 Å². The molecule has 3 atom stereocenters. The van der Waals surface area contributed by atoms with E-state index >= 15 is 0 Å². The van der Waals surface area contributed by atoms with E-state index in [1.807, 2.05) is 6.07 Å². The molecule has 5 aromatic rings. The van der Waals surface area contributed by atoms with Crippen molar-refractivity contribution in [1.29, 1.82) is 0 Å². The normalized spacial score (nSPS) is 21.2. The Morgan fingerprint density at radius 2 is 1.18 bits per heavy atom. The van der Waals surface area contributed by atoms with E-state index in [0.29, 0.717) is 0 Å². The van der Waals surface area contributed by atoms with Crippen molar-refractivity contribution < 1.29 is 14.2 Å². The number of para-hydroxylation sites is 1. The molecule has 0 aromatic heterocycles. The van der Waals surface area contributed by atoms with E-state index in [1.165, 1.54) is 44.5 Å². The largest absolute Gasteiger partial charge is 0.485 e. The van der Waals surface area contributed by atoms with Gasteiger partial charge in [-0.2, -0.15) is 0 Å². The molecule has 11 rings (SSSR count). The molecule has 4 heteroatoms. The van der Waals surface area contributed by atoms with Crippen LogP contribution in [0.25, 0.3) is 27.8 Å². The van der Waals surface area contributed by atoms with Crippen LogP contribution < -0.4 is 19.1 Å². The maximum absolute atomic E-state index is 6.86. The average molecular weight is 660 g/mol. The summed E-state index contributed by atoms with van der Waals surface area (Å²) in [5.41, 5.74) is 14.1. The van der Waals surface area contributed by atoms with Crippen molar-refractivity contribution in [2.24, 2.45) is 11.8 Å². The third-order valence-corrected chi connectivity index (χ3v) is 11.1. The molecule has 0 N–H and O–H groups in total. The molecule has 3 heterocycles. The number of nitrogens with zero attached hydrogens (tertiary/aromatic N) is 1. The van der Waals surface area contributed by atoms with Crippen molar-refractivity contribution in [2.75, 3.05) is 4.90 Å². The van der Waals surface area contributed by atoms with Gasteiger partial charge in [-0.05, 0) is 89.4 Å². The fourth-order valence-corrected chi connectivity index (χ4v) is 8.67. The van der Waals surface area contributed by atoms with Gasteiger partial charge in [0.2, 0.25) is 0 Å². The Morgan fingerprint density at radius 1 is 0.549 bits per heavy atom. The van der Waals surface area contributed by atoms with Gasteiger partial charge in [-0.15, -0.1) is 0 Å². The monoisotopic (exact) mass is 659 g/mol. The van der Waals surface area contributed by atoms with Crippen LogP contribution in [0.15, 0.2) is 169 Å². The number of allylic oxidation sites excluding steroid dienone is 7. The SMILES string of the molecule is Cc1ccc2c(c1)OC1=CC=C3c4ccc(N(C5=CCC6Oc7ccccc7C6=C5)c5ccc(-c6ccccc6)cc5)cc4OC4=CC=C2C1C43. The summed E-state index contributed by atoms with van der Waals surface area (Å²) in [4.78, 5) is 2.35. The minimum atomic E-state index is 0.0318. The Morgan fingerprint density at radius 3 is 1.94 bits per heavy atom. The van der Waals surface area contributed by atoms with Crippen LogP contribution >= 0.6 is 0 Å². The lowest BCUT2D eigenvalue weighted by atomic mass is 9.68. The minimum Gasteiger partial charge on any atom is -0.485 e. The van der Waals surface area contributed by atoms with Gasteiger partial charge in [0.1, 0.15) is 34.9 Å². The van der Waals surface area contributed by atoms with Crippen LogP contribution in [0.1, 0.15) is 28.7 Å². The predicted octanol–water partition coefficient (Wildman–Crippen LogP) is 11.2. The lowest BCUT2D eigenvalue weighted by Gasteiger charge is -2.43. The summed E-state index contributed by atoms with van der Waals surface area (Å²) in [5.74, 6) is 4.87. The summed E-state index contributed by atoms with van der Waals surface area (Å²) in [5, 5.41) is 0. The van der Waals surface area contributed by atoms with Crippen LogP contribution in [0.5, 0.6) is 17.2 Å². The van der Waals surface area contributed by atoms with Crippen molar-refractivity contribution in [2.45, 2.75) is 19.4 Å². The summed E-state index contributed by atoms with van der Waals surface area (Å²) in [6, 6.07) is 41.0. The van der Waals surface area contributed by atoms with Gasteiger partial charge in [0.15, 0.2) is 0 Å². The molecule has 51 heavy (non-hydrogen) atoms. The van der Waals surface area contributed by atoms with Crippen molar-refractivity contribution in [1.82, 2.24) is 0 Å². The summed E-state index contributed by atoms with van der Waals surface area (Å²) in [6.07, 6.45) is 14.2.